The number of hydrogen-bond acceptors (Lipinski definition) is 5. The molecule has 0 amide bonds. The number of piperidine rings is 1. The molecule has 108 valence electrons. The zero-order valence-corrected chi connectivity index (χ0v) is 13.0. The Hall–Kier alpha value is -0.650. The first-order valence-electron chi connectivity index (χ1n) is 7.09. The number of thiazole rings is 1. The van der Waals surface area contributed by atoms with Crippen molar-refractivity contribution in [2.45, 2.75) is 39.2 Å². The molecule has 5 heteroatoms. The second-order valence-corrected chi connectivity index (χ2v) is 6.61. The summed E-state index contributed by atoms with van der Waals surface area (Å²) in [5, 5.41) is 1.15. The lowest BCUT2D eigenvalue weighted by atomic mass is 9.98. The molecule has 2 N–H and O–H groups in total. The monoisotopic (exact) mass is 283 g/mol. The fourth-order valence-corrected chi connectivity index (χ4v) is 3.76. The Labute approximate surface area is 120 Å². The summed E-state index contributed by atoms with van der Waals surface area (Å²) in [4.78, 5) is 8.45. The van der Waals surface area contributed by atoms with E-state index >= 15 is 0 Å². The predicted molar refractivity (Wildman–Crippen MR) is 80.9 cm³/mol. The highest BCUT2D eigenvalue weighted by atomic mass is 32.1. The molecule has 1 fully saturated rings. The molecule has 4 nitrogen and oxygen atoms in total. The summed E-state index contributed by atoms with van der Waals surface area (Å²) < 4.78 is 5.25. The molecule has 0 aromatic carbocycles. The SMILES string of the molecule is COCC1CCN(c2nc(C(C)C)c(CN)s2)CC1. The van der Waals surface area contributed by atoms with Crippen molar-refractivity contribution in [3.8, 4) is 0 Å². The molecular formula is C14H25N3OS. The van der Waals surface area contributed by atoms with E-state index in [1.807, 2.05) is 0 Å². The van der Waals surface area contributed by atoms with Crippen LogP contribution in [-0.4, -0.2) is 31.8 Å². The number of anilines is 1. The largest absolute Gasteiger partial charge is 0.384 e. The topological polar surface area (TPSA) is 51.4 Å². The number of nitrogens with two attached hydrogens (primary N) is 1. The highest BCUT2D eigenvalue weighted by Crippen LogP contribution is 2.32. The molecule has 0 saturated carbocycles. The van der Waals surface area contributed by atoms with Crippen LogP contribution >= 0.6 is 11.3 Å². The summed E-state index contributed by atoms with van der Waals surface area (Å²) in [5.41, 5.74) is 7.01. The molecule has 1 aromatic heterocycles. The maximum atomic E-state index is 5.83. The Morgan fingerprint density at radius 3 is 2.58 bits per heavy atom. The van der Waals surface area contributed by atoms with Crippen LogP contribution in [0.5, 0.6) is 0 Å². The van der Waals surface area contributed by atoms with Gasteiger partial charge in [-0.1, -0.05) is 13.8 Å². The van der Waals surface area contributed by atoms with Crippen molar-refractivity contribution in [2.24, 2.45) is 11.7 Å². The molecule has 0 aliphatic carbocycles. The van der Waals surface area contributed by atoms with Gasteiger partial charge in [-0.15, -0.1) is 11.3 Å². The predicted octanol–water partition coefficient (Wildman–Crippen LogP) is 2.59. The Bertz CT molecular complexity index is 397. The lowest BCUT2D eigenvalue weighted by molar-refractivity contribution is 0.139. The molecule has 0 radical (unpaired) electrons. The molecule has 0 spiro atoms. The van der Waals surface area contributed by atoms with Gasteiger partial charge in [-0.25, -0.2) is 4.98 Å². The Kier molecular flexibility index (Phi) is 5.19. The first-order valence-corrected chi connectivity index (χ1v) is 7.90. The number of rotatable bonds is 5. The summed E-state index contributed by atoms with van der Waals surface area (Å²) in [6.45, 7) is 8.03. The number of aromatic nitrogens is 1. The van der Waals surface area contributed by atoms with E-state index in [9.17, 15) is 0 Å². The van der Waals surface area contributed by atoms with Crippen LogP contribution in [0.1, 0.15) is 43.2 Å². The lowest BCUT2D eigenvalue weighted by Gasteiger charge is -2.31. The Balaban J connectivity index is 2.03. The molecule has 2 rings (SSSR count). The quantitative estimate of drug-likeness (QED) is 0.902. The number of methoxy groups -OCH3 is 1. The average molecular weight is 283 g/mol. The van der Waals surface area contributed by atoms with Crippen molar-refractivity contribution in [1.82, 2.24) is 4.98 Å². The van der Waals surface area contributed by atoms with Gasteiger partial charge in [0.1, 0.15) is 0 Å². The van der Waals surface area contributed by atoms with Crippen LogP contribution in [0.15, 0.2) is 0 Å². The summed E-state index contributed by atoms with van der Waals surface area (Å²) in [6, 6.07) is 0. The molecular weight excluding hydrogens is 258 g/mol. The van der Waals surface area contributed by atoms with E-state index in [0.29, 0.717) is 18.4 Å². The molecule has 1 aromatic rings. The fourth-order valence-electron chi connectivity index (χ4n) is 2.61. The lowest BCUT2D eigenvalue weighted by Crippen LogP contribution is -2.34. The van der Waals surface area contributed by atoms with Gasteiger partial charge in [-0.3, -0.25) is 0 Å². The third-order valence-corrected chi connectivity index (χ3v) is 4.89. The van der Waals surface area contributed by atoms with Crippen LogP contribution in [0.3, 0.4) is 0 Å². The second-order valence-electron chi connectivity index (χ2n) is 5.55. The smallest absolute Gasteiger partial charge is 0.185 e. The molecule has 1 saturated heterocycles. The molecule has 0 unspecified atom stereocenters. The third kappa shape index (κ3) is 3.46. The highest BCUT2D eigenvalue weighted by molar-refractivity contribution is 7.15. The van der Waals surface area contributed by atoms with Gasteiger partial charge >= 0.3 is 0 Å². The Morgan fingerprint density at radius 1 is 1.42 bits per heavy atom. The minimum absolute atomic E-state index is 0.453. The summed E-state index contributed by atoms with van der Waals surface area (Å²) in [7, 11) is 1.79. The molecule has 1 aliphatic heterocycles. The van der Waals surface area contributed by atoms with Gasteiger partial charge in [0.15, 0.2) is 5.13 Å². The number of nitrogens with zero attached hydrogens (tertiary/aromatic N) is 2. The van der Waals surface area contributed by atoms with Gasteiger partial charge < -0.3 is 15.4 Å². The van der Waals surface area contributed by atoms with Crippen LogP contribution in [-0.2, 0) is 11.3 Å². The van der Waals surface area contributed by atoms with E-state index < -0.39 is 0 Å². The summed E-state index contributed by atoms with van der Waals surface area (Å²) in [5.74, 6) is 1.16. The zero-order valence-electron chi connectivity index (χ0n) is 12.2. The van der Waals surface area contributed by atoms with Gasteiger partial charge in [0.05, 0.1) is 5.69 Å². The van der Waals surface area contributed by atoms with E-state index in [1.165, 1.54) is 23.4 Å². The number of ether oxygens (including phenoxy) is 1. The highest BCUT2D eigenvalue weighted by Gasteiger charge is 2.23. The van der Waals surface area contributed by atoms with Gasteiger partial charge in [-0.05, 0) is 24.7 Å². The molecule has 2 heterocycles. The average Bonchev–Trinajstić information content (AvgIpc) is 2.84. The first kappa shape index (κ1) is 14.8. The molecule has 0 bridgehead atoms. The van der Waals surface area contributed by atoms with Gasteiger partial charge in [-0.2, -0.15) is 0 Å². The molecule has 0 atom stereocenters. The fraction of sp³-hybridized carbons (Fsp3) is 0.786. The van der Waals surface area contributed by atoms with Crippen molar-refractivity contribution < 1.29 is 4.74 Å². The van der Waals surface area contributed by atoms with Crippen LogP contribution < -0.4 is 10.6 Å². The normalized spacial score (nSPS) is 17.4. The van der Waals surface area contributed by atoms with Crippen molar-refractivity contribution >= 4 is 16.5 Å². The molecule has 19 heavy (non-hydrogen) atoms. The van der Waals surface area contributed by atoms with Crippen LogP contribution in [0.25, 0.3) is 0 Å². The van der Waals surface area contributed by atoms with Crippen molar-refractivity contribution in [1.29, 1.82) is 0 Å². The maximum absolute atomic E-state index is 5.83. The minimum atomic E-state index is 0.453. The summed E-state index contributed by atoms with van der Waals surface area (Å²) in [6.07, 6.45) is 2.39. The van der Waals surface area contributed by atoms with Crippen LogP contribution in [0.2, 0.25) is 0 Å². The van der Waals surface area contributed by atoms with Crippen molar-refractivity contribution in [2.75, 3.05) is 31.7 Å². The third-order valence-electron chi connectivity index (χ3n) is 3.74. The van der Waals surface area contributed by atoms with Crippen molar-refractivity contribution in [3.63, 3.8) is 0 Å². The van der Waals surface area contributed by atoms with Gasteiger partial charge in [0.25, 0.3) is 0 Å². The zero-order chi connectivity index (χ0) is 13.8. The summed E-state index contributed by atoms with van der Waals surface area (Å²) >= 11 is 1.77. The maximum Gasteiger partial charge on any atom is 0.185 e. The number of hydrogen-bond donors (Lipinski definition) is 1. The van der Waals surface area contributed by atoms with Gasteiger partial charge in [0, 0.05) is 38.2 Å². The standard InChI is InChI=1S/C14H25N3OS/c1-10(2)13-12(8-15)19-14(16-13)17-6-4-11(5-7-17)9-18-3/h10-11H,4-9,15H2,1-3H3. The van der Waals surface area contributed by atoms with Gasteiger partial charge in [0.2, 0.25) is 0 Å². The van der Waals surface area contributed by atoms with E-state index in [0.717, 1.165) is 24.8 Å². The van der Waals surface area contributed by atoms with Crippen LogP contribution in [0.4, 0.5) is 5.13 Å². The minimum Gasteiger partial charge on any atom is -0.384 e. The van der Waals surface area contributed by atoms with E-state index in [4.69, 9.17) is 15.5 Å². The van der Waals surface area contributed by atoms with Crippen molar-refractivity contribution in [3.05, 3.63) is 10.6 Å². The van der Waals surface area contributed by atoms with E-state index in [1.54, 1.807) is 18.4 Å². The van der Waals surface area contributed by atoms with E-state index in [-0.39, 0.29) is 0 Å². The first-order chi connectivity index (χ1) is 9.15. The van der Waals surface area contributed by atoms with Crippen LogP contribution in [0, 0.1) is 5.92 Å². The molecule has 1 aliphatic rings. The van der Waals surface area contributed by atoms with E-state index in [2.05, 4.69) is 18.7 Å². The Morgan fingerprint density at radius 2 is 2.11 bits per heavy atom. The second kappa shape index (κ2) is 6.68.